The molecular weight excluding hydrogens is 239 g/mol. The summed E-state index contributed by atoms with van der Waals surface area (Å²) in [6, 6.07) is 0. The first kappa shape index (κ1) is 14.7. The van der Waals surface area contributed by atoms with Crippen LogP contribution in [0.2, 0.25) is 0 Å². The summed E-state index contributed by atoms with van der Waals surface area (Å²) in [6.07, 6.45) is 6.67. The number of aliphatic hydroxyl groups is 1. The highest BCUT2D eigenvalue weighted by molar-refractivity contribution is 7.53. The Balaban J connectivity index is 2.82. The zero-order valence-electron chi connectivity index (χ0n) is 10.6. The van der Waals surface area contributed by atoms with Gasteiger partial charge in [0.05, 0.1) is 25.5 Å². The van der Waals surface area contributed by atoms with Crippen molar-refractivity contribution in [1.29, 1.82) is 0 Å². The zero-order chi connectivity index (χ0) is 12.9. The molecule has 0 bridgehead atoms. The maximum Gasteiger partial charge on any atom is 0.331 e. The average Bonchev–Trinajstić information content (AvgIpc) is 2.23. The second-order valence-corrected chi connectivity index (χ2v) is 6.35. The van der Waals surface area contributed by atoms with Gasteiger partial charge in [0.2, 0.25) is 0 Å². The van der Waals surface area contributed by atoms with Crippen molar-refractivity contribution in [3.63, 3.8) is 0 Å². The lowest BCUT2D eigenvalue weighted by Crippen LogP contribution is -2.34. The quantitative estimate of drug-likeness (QED) is 0.746. The lowest BCUT2D eigenvalue weighted by Gasteiger charge is -2.34. The maximum absolute atomic E-state index is 12.4. The van der Waals surface area contributed by atoms with Gasteiger partial charge in [-0.25, -0.2) is 0 Å². The van der Waals surface area contributed by atoms with E-state index >= 15 is 0 Å². The molecule has 1 aliphatic carbocycles. The van der Waals surface area contributed by atoms with Crippen LogP contribution in [0.1, 0.15) is 20.8 Å². The topological polar surface area (TPSA) is 55.8 Å². The van der Waals surface area contributed by atoms with E-state index in [-0.39, 0.29) is 6.16 Å². The van der Waals surface area contributed by atoms with Crippen LogP contribution in [0.3, 0.4) is 0 Å². The highest BCUT2D eigenvalue weighted by atomic mass is 31.2. The predicted octanol–water partition coefficient (Wildman–Crippen LogP) is 2.75. The largest absolute Gasteiger partial charge is 0.388 e. The third kappa shape index (κ3) is 3.78. The molecule has 0 spiro atoms. The zero-order valence-corrected chi connectivity index (χ0v) is 11.5. The molecule has 0 aromatic carbocycles. The molecule has 0 saturated carbocycles. The van der Waals surface area contributed by atoms with E-state index in [1.54, 1.807) is 26.0 Å². The third-order valence-electron chi connectivity index (χ3n) is 2.74. The first-order chi connectivity index (χ1) is 7.96. The van der Waals surface area contributed by atoms with Crippen molar-refractivity contribution in [3.05, 3.63) is 24.3 Å². The smallest absolute Gasteiger partial charge is 0.331 e. The monoisotopic (exact) mass is 260 g/mol. The van der Waals surface area contributed by atoms with Crippen LogP contribution in [0.25, 0.3) is 0 Å². The van der Waals surface area contributed by atoms with Crippen molar-refractivity contribution in [2.75, 3.05) is 19.4 Å². The summed E-state index contributed by atoms with van der Waals surface area (Å²) in [4.78, 5) is 0. The number of hydrogen-bond acceptors (Lipinski definition) is 4. The van der Waals surface area contributed by atoms with Crippen LogP contribution in [0, 0.1) is 5.41 Å². The minimum atomic E-state index is -3.14. The van der Waals surface area contributed by atoms with E-state index in [1.807, 2.05) is 19.1 Å². The van der Waals surface area contributed by atoms with Crippen LogP contribution in [-0.2, 0) is 13.6 Å². The molecule has 5 heteroatoms. The van der Waals surface area contributed by atoms with Crippen LogP contribution < -0.4 is 0 Å². The van der Waals surface area contributed by atoms with E-state index in [0.717, 1.165) is 0 Å². The molecule has 1 aliphatic rings. The molecule has 0 amide bonds. The summed E-state index contributed by atoms with van der Waals surface area (Å²) < 4.78 is 22.9. The van der Waals surface area contributed by atoms with Crippen LogP contribution >= 0.6 is 7.60 Å². The molecular formula is C12H21O4P. The molecule has 17 heavy (non-hydrogen) atoms. The average molecular weight is 260 g/mol. The Hall–Kier alpha value is -0.410. The van der Waals surface area contributed by atoms with E-state index in [9.17, 15) is 9.67 Å². The Bertz CT molecular complexity index is 340. The maximum atomic E-state index is 12.4. The van der Waals surface area contributed by atoms with Gasteiger partial charge in [-0.3, -0.25) is 4.57 Å². The van der Waals surface area contributed by atoms with E-state index in [4.69, 9.17) is 9.05 Å². The van der Waals surface area contributed by atoms with E-state index in [0.29, 0.717) is 13.2 Å². The number of allylic oxidation sites excluding steroid dienone is 2. The standard InChI is InChI=1S/C12H21O4P/c1-4-15-17(14,16-5-2)10-12(3)9-7-6-8-11(12)13/h6-9,11,13H,4-5,10H2,1-3H3. The van der Waals surface area contributed by atoms with Crippen molar-refractivity contribution < 1.29 is 18.7 Å². The fourth-order valence-corrected chi connectivity index (χ4v) is 4.02. The van der Waals surface area contributed by atoms with Gasteiger partial charge in [-0.05, 0) is 13.8 Å². The molecule has 1 rings (SSSR count). The number of hydrogen-bond donors (Lipinski definition) is 1. The Morgan fingerprint density at radius 3 is 2.35 bits per heavy atom. The van der Waals surface area contributed by atoms with Gasteiger partial charge in [0.25, 0.3) is 0 Å². The van der Waals surface area contributed by atoms with Gasteiger partial charge in [-0.1, -0.05) is 31.2 Å². The summed E-state index contributed by atoms with van der Waals surface area (Å²) >= 11 is 0. The SMILES string of the molecule is CCOP(=O)(CC1(C)C=CC=CC1O)OCC. The molecule has 0 radical (unpaired) electrons. The van der Waals surface area contributed by atoms with Crippen LogP contribution in [0.4, 0.5) is 0 Å². The molecule has 4 nitrogen and oxygen atoms in total. The van der Waals surface area contributed by atoms with Gasteiger partial charge in [0, 0.05) is 5.41 Å². The van der Waals surface area contributed by atoms with Gasteiger partial charge in [-0.2, -0.15) is 0 Å². The number of rotatable bonds is 6. The van der Waals surface area contributed by atoms with Crippen molar-refractivity contribution in [2.45, 2.75) is 26.9 Å². The molecule has 1 N–H and O–H groups in total. The summed E-state index contributed by atoms with van der Waals surface area (Å²) in [5.74, 6) is 0. The van der Waals surface area contributed by atoms with E-state index in [2.05, 4.69) is 0 Å². The molecule has 0 aliphatic heterocycles. The van der Waals surface area contributed by atoms with Crippen LogP contribution in [-0.4, -0.2) is 30.6 Å². The van der Waals surface area contributed by atoms with Crippen LogP contribution in [0.5, 0.6) is 0 Å². The molecule has 0 aromatic heterocycles. The van der Waals surface area contributed by atoms with Crippen molar-refractivity contribution in [1.82, 2.24) is 0 Å². The van der Waals surface area contributed by atoms with E-state index in [1.165, 1.54) is 0 Å². The molecule has 98 valence electrons. The summed E-state index contributed by atoms with van der Waals surface area (Å²) in [5.41, 5.74) is -0.603. The Morgan fingerprint density at radius 1 is 1.29 bits per heavy atom. The fraction of sp³-hybridized carbons (Fsp3) is 0.667. The minimum absolute atomic E-state index is 0.184. The summed E-state index contributed by atoms with van der Waals surface area (Å²) in [5, 5.41) is 9.96. The van der Waals surface area contributed by atoms with Gasteiger partial charge >= 0.3 is 7.60 Å². The molecule has 0 aromatic rings. The Labute approximate surface area is 103 Å². The number of aliphatic hydroxyl groups excluding tert-OH is 1. The second kappa shape index (κ2) is 5.96. The van der Waals surface area contributed by atoms with Crippen molar-refractivity contribution in [3.8, 4) is 0 Å². The minimum Gasteiger partial charge on any atom is -0.388 e. The van der Waals surface area contributed by atoms with Gasteiger partial charge < -0.3 is 14.2 Å². The van der Waals surface area contributed by atoms with E-state index < -0.39 is 19.1 Å². The molecule has 2 unspecified atom stereocenters. The molecule has 2 atom stereocenters. The lowest BCUT2D eigenvalue weighted by molar-refractivity contribution is 0.116. The first-order valence-electron chi connectivity index (χ1n) is 5.88. The Morgan fingerprint density at radius 2 is 1.88 bits per heavy atom. The summed E-state index contributed by atoms with van der Waals surface area (Å²) in [7, 11) is -3.14. The molecule has 0 fully saturated rings. The van der Waals surface area contributed by atoms with Crippen molar-refractivity contribution in [2.24, 2.45) is 5.41 Å². The van der Waals surface area contributed by atoms with Gasteiger partial charge in [0.1, 0.15) is 0 Å². The fourth-order valence-electron chi connectivity index (χ4n) is 1.85. The highest BCUT2D eigenvalue weighted by Gasteiger charge is 2.39. The highest BCUT2D eigenvalue weighted by Crippen LogP contribution is 2.53. The van der Waals surface area contributed by atoms with Gasteiger partial charge in [0.15, 0.2) is 0 Å². The third-order valence-corrected chi connectivity index (χ3v) is 5.11. The lowest BCUT2D eigenvalue weighted by atomic mass is 9.83. The van der Waals surface area contributed by atoms with Gasteiger partial charge in [-0.15, -0.1) is 0 Å². The summed E-state index contributed by atoms with van der Waals surface area (Å²) in [6.45, 7) is 6.08. The predicted molar refractivity (Wildman–Crippen MR) is 68.1 cm³/mol. The first-order valence-corrected chi connectivity index (χ1v) is 7.61. The molecule has 0 saturated heterocycles. The van der Waals surface area contributed by atoms with Crippen LogP contribution in [0.15, 0.2) is 24.3 Å². The molecule has 0 heterocycles. The van der Waals surface area contributed by atoms with Crippen molar-refractivity contribution >= 4 is 7.60 Å². The normalized spacial score (nSPS) is 28.6. The second-order valence-electron chi connectivity index (χ2n) is 4.30. The Kier molecular flexibility index (Phi) is 5.14.